The maximum Gasteiger partial charge on any atom is 0.255 e. The predicted molar refractivity (Wildman–Crippen MR) is 119 cm³/mol. The number of guanidine groups is 1. The van der Waals surface area contributed by atoms with Crippen molar-refractivity contribution in [3.05, 3.63) is 64.7 Å². The molecule has 2 aromatic rings. The molecular weight excluding hydrogens is 416 g/mol. The quantitative estimate of drug-likeness (QED) is 0.674. The van der Waals surface area contributed by atoms with Gasteiger partial charge in [0, 0.05) is 24.8 Å². The van der Waals surface area contributed by atoms with Crippen molar-refractivity contribution in [1.29, 1.82) is 5.41 Å². The van der Waals surface area contributed by atoms with Crippen molar-refractivity contribution in [3.63, 3.8) is 0 Å². The van der Waals surface area contributed by atoms with Gasteiger partial charge >= 0.3 is 0 Å². The highest BCUT2D eigenvalue weighted by atomic mass is 35.5. The molecule has 3 N–H and O–H groups in total. The predicted octanol–water partition coefficient (Wildman–Crippen LogP) is 3.74. The van der Waals surface area contributed by atoms with Gasteiger partial charge in [-0.3, -0.25) is 19.9 Å². The molecule has 2 fully saturated rings. The zero-order valence-corrected chi connectivity index (χ0v) is 18.0. The summed E-state index contributed by atoms with van der Waals surface area (Å²) in [5.74, 6) is -0.315. The van der Waals surface area contributed by atoms with E-state index in [0.29, 0.717) is 47.9 Å². The molecular formula is C23H25ClN4O3. The number of halogens is 1. The summed E-state index contributed by atoms with van der Waals surface area (Å²) in [5.41, 5.74) is 0.780. The molecule has 162 valence electrons. The minimum Gasteiger partial charge on any atom is -0.381 e. The Balaban J connectivity index is 1.56. The van der Waals surface area contributed by atoms with Crippen LogP contribution in [0, 0.1) is 5.41 Å². The van der Waals surface area contributed by atoms with Gasteiger partial charge in [0.2, 0.25) is 5.91 Å². The van der Waals surface area contributed by atoms with Crippen LogP contribution in [0.5, 0.6) is 0 Å². The Labute approximate surface area is 186 Å². The molecule has 8 heteroatoms. The van der Waals surface area contributed by atoms with Crippen LogP contribution in [0.2, 0.25) is 5.02 Å². The van der Waals surface area contributed by atoms with Crippen LogP contribution in [0.25, 0.3) is 0 Å². The molecule has 0 spiro atoms. The number of nitrogens with one attached hydrogen (secondary N) is 3. The van der Waals surface area contributed by atoms with Crippen LogP contribution in [0.1, 0.15) is 42.1 Å². The van der Waals surface area contributed by atoms with E-state index >= 15 is 0 Å². The summed E-state index contributed by atoms with van der Waals surface area (Å²) in [6.07, 6.45) is 1.59. The van der Waals surface area contributed by atoms with Gasteiger partial charge in [0.05, 0.1) is 22.7 Å². The second-order valence-corrected chi connectivity index (χ2v) is 8.46. The average molecular weight is 441 g/mol. The number of amides is 2. The zero-order chi connectivity index (χ0) is 22.0. The number of carbonyl (C=O) groups is 2. The smallest absolute Gasteiger partial charge is 0.255 e. The van der Waals surface area contributed by atoms with E-state index in [0.717, 1.165) is 0 Å². The van der Waals surface area contributed by atoms with E-state index in [1.807, 2.05) is 19.1 Å². The zero-order valence-electron chi connectivity index (χ0n) is 17.3. The van der Waals surface area contributed by atoms with Gasteiger partial charge in [0.15, 0.2) is 5.96 Å². The molecule has 1 atom stereocenters. The molecule has 0 radical (unpaired) electrons. The van der Waals surface area contributed by atoms with Crippen LogP contribution in [-0.4, -0.2) is 41.9 Å². The van der Waals surface area contributed by atoms with Crippen molar-refractivity contribution in [1.82, 2.24) is 10.2 Å². The largest absolute Gasteiger partial charge is 0.381 e. The average Bonchev–Trinajstić information content (AvgIpc) is 2.76. The lowest BCUT2D eigenvalue weighted by atomic mass is 9.85. The lowest BCUT2D eigenvalue weighted by molar-refractivity contribution is -0.133. The van der Waals surface area contributed by atoms with Gasteiger partial charge in [-0.25, -0.2) is 0 Å². The highest BCUT2D eigenvalue weighted by Gasteiger charge is 2.43. The molecule has 2 aliphatic heterocycles. The molecule has 0 bridgehead atoms. The van der Waals surface area contributed by atoms with Crippen molar-refractivity contribution in [2.45, 2.75) is 37.8 Å². The second-order valence-electron chi connectivity index (χ2n) is 8.08. The molecule has 2 saturated heterocycles. The lowest BCUT2D eigenvalue weighted by Crippen LogP contribution is -2.62. The van der Waals surface area contributed by atoms with Gasteiger partial charge in [0.25, 0.3) is 5.91 Å². The maximum atomic E-state index is 13.0. The first kappa shape index (κ1) is 21.3. The lowest BCUT2D eigenvalue weighted by Gasteiger charge is -2.45. The first-order chi connectivity index (χ1) is 14.9. The summed E-state index contributed by atoms with van der Waals surface area (Å²) in [7, 11) is 0. The summed E-state index contributed by atoms with van der Waals surface area (Å²) in [6, 6.07) is 14.2. The van der Waals surface area contributed by atoms with Gasteiger partial charge in [-0.1, -0.05) is 41.9 Å². The minimum atomic E-state index is -0.861. The number of hydrogen-bond acceptors (Lipinski definition) is 4. The van der Waals surface area contributed by atoms with Crippen molar-refractivity contribution in [3.8, 4) is 0 Å². The first-order valence-corrected chi connectivity index (χ1v) is 10.7. The molecule has 4 rings (SSSR count). The monoisotopic (exact) mass is 440 g/mol. The fourth-order valence-electron chi connectivity index (χ4n) is 4.21. The minimum absolute atomic E-state index is 0.0298. The summed E-state index contributed by atoms with van der Waals surface area (Å²) < 4.78 is 5.38. The Bertz CT molecular complexity index is 987. The van der Waals surface area contributed by atoms with E-state index in [1.165, 1.54) is 0 Å². The number of carbonyl (C=O) groups excluding carboxylic acids is 2. The fourth-order valence-corrected chi connectivity index (χ4v) is 4.59. The van der Waals surface area contributed by atoms with Crippen LogP contribution in [0.15, 0.2) is 48.5 Å². The summed E-state index contributed by atoms with van der Waals surface area (Å²) in [4.78, 5) is 27.1. The number of nitrogens with zero attached hydrogens (tertiary/aromatic N) is 1. The van der Waals surface area contributed by atoms with E-state index in [-0.39, 0.29) is 30.2 Å². The van der Waals surface area contributed by atoms with E-state index in [1.54, 1.807) is 41.3 Å². The van der Waals surface area contributed by atoms with Gasteiger partial charge in [-0.15, -0.1) is 0 Å². The molecule has 0 aromatic heterocycles. The second kappa shape index (κ2) is 8.69. The highest BCUT2D eigenvalue weighted by molar-refractivity contribution is 6.35. The number of hydrogen-bond donors (Lipinski definition) is 3. The number of ether oxygens (including phenoxy) is 1. The Morgan fingerprint density at radius 2 is 1.90 bits per heavy atom. The summed E-state index contributed by atoms with van der Waals surface area (Å²) in [5, 5.41) is 14.9. The van der Waals surface area contributed by atoms with Crippen LogP contribution >= 0.6 is 11.6 Å². The van der Waals surface area contributed by atoms with Crippen LogP contribution in [-0.2, 0) is 15.1 Å². The Morgan fingerprint density at radius 1 is 1.19 bits per heavy atom. The fraction of sp³-hybridized carbons (Fsp3) is 0.348. The van der Waals surface area contributed by atoms with Gasteiger partial charge in [-0.05, 0) is 43.5 Å². The normalized spacial score (nSPS) is 22.2. The Hall–Kier alpha value is -2.90. The van der Waals surface area contributed by atoms with E-state index < -0.39 is 5.54 Å². The third-order valence-corrected chi connectivity index (χ3v) is 6.25. The van der Waals surface area contributed by atoms with E-state index in [4.69, 9.17) is 21.7 Å². The first-order valence-electron chi connectivity index (χ1n) is 10.3. The molecule has 7 nitrogen and oxygen atoms in total. The standard InChI is InChI=1S/C23H25ClN4O3/c1-23(14-19(29)28(22(25)27-23)16-10-12-31-13-11-16)17-8-5-9-18(20(17)24)26-21(30)15-6-3-2-4-7-15/h2-9,16H,10-14H2,1H3,(H2,25,27)(H,26,30)/t23-/m0/s1. The maximum absolute atomic E-state index is 13.0. The van der Waals surface area contributed by atoms with E-state index in [2.05, 4.69) is 10.6 Å². The van der Waals surface area contributed by atoms with Crippen LogP contribution in [0.3, 0.4) is 0 Å². The third-order valence-electron chi connectivity index (χ3n) is 5.84. The van der Waals surface area contributed by atoms with Gasteiger partial charge in [0.1, 0.15) is 0 Å². The molecule has 0 unspecified atom stereocenters. The van der Waals surface area contributed by atoms with Gasteiger partial charge in [-0.2, -0.15) is 0 Å². The summed E-state index contributed by atoms with van der Waals surface area (Å²) >= 11 is 6.68. The van der Waals surface area contributed by atoms with Crippen molar-refractivity contribution < 1.29 is 14.3 Å². The summed E-state index contributed by atoms with van der Waals surface area (Å²) in [6.45, 7) is 3.03. The number of anilines is 1. The molecule has 0 aliphatic carbocycles. The molecule has 2 heterocycles. The molecule has 31 heavy (non-hydrogen) atoms. The molecule has 2 aromatic carbocycles. The van der Waals surface area contributed by atoms with Crippen LogP contribution in [0.4, 0.5) is 5.69 Å². The molecule has 2 aliphatic rings. The highest BCUT2D eigenvalue weighted by Crippen LogP contribution is 2.38. The van der Waals surface area contributed by atoms with Crippen molar-refractivity contribution in [2.24, 2.45) is 0 Å². The Kier molecular flexibility index (Phi) is 5.98. The number of benzene rings is 2. The van der Waals surface area contributed by atoms with Crippen molar-refractivity contribution >= 4 is 35.1 Å². The SMILES string of the molecule is C[C@@]1(c2cccc(NC(=O)c3ccccc3)c2Cl)CC(=O)N(C2CCOCC2)C(=N)N1. The topological polar surface area (TPSA) is 94.5 Å². The molecule has 0 saturated carbocycles. The van der Waals surface area contributed by atoms with Gasteiger partial charge < -0.3 is 15.4 Å². The Morgan fingerprint density at radius 3 is 2.58 bits per heavy atom. The van der Waals surface area contributed by atoms with Crippen molar-refractivity contribution in [2.75, 3.05) is 18.5 Å². The van der Waals surface area contributed by atoms with E-state index in [9.17, 15) is 9.59 Å². The number of rotatable bonds is 4. The van der Waals surface area contributed by atoms with Crippen LogP contribution < -0.4 is 10.6 Å². The molecule has 2 amide bonds. The third kappa shape index (κ3) is 4.29.